The van der Waals surface area contributed by atoms with Crippen LogP contribution in [-0.4, -0.2) is 49.6 Å². The zero-order valence-electron chi connectivity index (χ0n) is 11.5. The number of rotatable bonds is 3. The number of anilines is 1. The fraction of sp³-hybridized carbons (Fsp3) is 0.467. The predicted octanol–water partition coefficient (Wildman–Crippen LogP) is 1.28. The van der Waals surface area contributed by atoms with Gasteiger partial charge in [-0.3, -0.25) is 9.59 Å². The number of carbonyl (C=O) groups is 2. The molecule has 1 aromatic rings. The molecular formula is C15H18N2O3. The number of hydrogen-bond donors (Lipinski definition) is 0. The maximum Gasteiger partial charge on any atom is 0.256 e. The fourth-order valence-electron chi connectivity index (χ4n) is 3.02. The Morgan fingerprint density at radius 2 is 2.10 bits per heavy atom. The summed E-state index contributed by atoms with van der Waals surface area (Å²) in [6.45, 7) is 1.60. The topological polar surface area (TPSA) is 49.9 Å². The van der Waals surface area contributed by atoms with Gasteiger partial charge in [-0.05, 0) is 25.0 Å². The van der Waals surface area contributed by atoms with E-state index in [1.807, 2.05) is 18.2 Å². The Hall–Kier alpha value is -1.88. The SMILES string of the molecule is COCCN1C(=O)C2CCCN2C(=O)c2ccccc21. The third kappa shape index (κ3) is 1.98. The zero-order valence-corrected chi connectivity index (χ0v) is 11.5. The molecule has 0 spiro atoms. The molecule has 0 saturated carbocycles. The molecule has 0 N–H and O–H groups in total. The number of hydrogen-bond acceptors (Lipinski definition) is 3. The van der Waals surface area contributed by atoms with E-state index in [2.05, 4.69) is 0 Å². The summed E-state index contributed by atoms with van der Waals surface area (Å²) in [6, 6.07) is 7.02. The Morgan fingerprint density at radius 3 is 2.90 bits per heavy atom. The highest BCUT2D eigenvalue weighted by Crippen LogP contribution is 2.31. The standard InChI is InChI=1S/C15H18N2O3/c1-20-10-9-17-12-6-3-2-5-11(12)14(18)16-8-4-7-13(16)15(17)19/h2-3,5-6,13H,4,7-10H2,1H3. The van der Waals surface area contributed by atoms with Crippen LogP contribution in [0.3, 0.4) is 0 Å². The maximum absolute atomic E-state index is 12.7. The number of para-hydroxylation sites is 1. The molecule has 0 aliphatic carbocycles. The number of fused-ring (bicyclic) bond motifs is 2. The second-order valence-electron chi connectivity index (χ2n) is 5.16. The van der Waals surface area contributed by atoms with Crippen LogP contribution in [0, 0.1) is 0 Å². The predicted molar refractivity (Wildman–Crippen MR) is 74.7 cm³/mol. The number of amides is 2. The average Bonchev–Trinajstić information content (AvgIpc) is 2.93. The molecule has 5 heteroatoms. The van der Waals surface area contributed by atoms with Gasteiger partial charge in [0.15, 0.2) is 0 Å². The van der Waals surface area contributed by atoms with Crippen molar-refractivity contribution in [3.05, 3.63) is 29.8 Å². The number of methoxy groups -OCH3 is 1. The zero-order chi connectivity index (χ0) is 14.1. The molecule has 1 aromatic carbocycles. The summed E-state index contributed by atoms with van der Waals surface area (Å²) in [5.74, 6) is -0.0192. The fourth-order valence-corrected chi connectivity index (χ4v) is 3.02. The third-order valence-corrected chi connectivity index (χ3v) is 4.01. The van der Waals surface area contributed by atoms with Gasteiger partial charge in [-0.25, -0.2) is 0 Å². The number of ether oxygens (including phenoxy) is 1. The van der Waals surface area contributed by atoms with Gasteiger partial charge in [0.25, 0.3) is 5.91 Å². The van der Waals surface area contributed by atoms with Crippen molar-refractivity contribution in [2.75, 3.05) is 31.7 Å². The van der Waals surface area contributed by atoms with Crippen molar-refractivity contribution in [1.82, 2.24) is 4.90 Å². The van der Waals surface area contributed by atoms with Crippen LogP contribution >= 0.6 is 0 Å². The van der Waals surface area contributed by atoms with Crippen LogP contribution in [0.15, 0.2) is 24.3 Å². The average molecular weight is 274 g/mol. The van der Waals surface area contributed by atoms with Gasteiger partial charge in [-0.1, -0.05) is 12.1 Å². The van der Waals surface area contributed by atoms with Crippen LogP contribution in [0.25, 0.3) is 0 Å². The van der Waals surface area contributed by atoms with Crippen molar-refractivity contribution in [2.24, 2.45) is 0 Å². The minimum atomic E-state index is -0.313. The van der Waals surface area contributed by atoms with E-state index in [-0.39, 0.29) is 17.9 Å². The summed E-state index contributed by atoms with van der Waals surface area (Å²) in [6.07, 6.45) is 1.64. The molecule has 1 unspecified atom stereocenters. The van der Waals surface area contributed by atoms with Crippen molar-refractivity contribution < 1.29 is 14.3 Å². The summed E-state index contributed by atoms with van der Waals surface area (Å²) in [4.78, 5) is 28.7. The molecule has 1 fully saturated rings. The van der Waals surface area contributed by atoms with E-state index in [0.29, 0.717) is 30.9 Å². The van der Waals surface area contributed by atoms with Crippen LogP contribution in [0.1, 0.15) is 23.2 Å². The highest BCUT2D eigenvalue weighted by molar-refractivity contribution is 6.11. The van der Waals surface area contributed by atoms with Crippen molar-refractivity contribution in [2.45, 2.75) is 18.9 Å². The summed E-state index contributed by atoms with van der Waals surface area (Å²) in [7, 11) is 1.61. The molecule has 2 aliphatic heterocycles. The maximum atomic E-state index is 12.7. The summed E-state index contributed by atoms with van der Waals surface area (Å²) >= 11 is 0. The van der Waals surface area contributed by atoms with E-state index in [9.17, 15) is 9.59 Å². The Balaban J connectivity index is 2.06. The van der Waals surface area contributed by atoms with E-state index in [1.54, 1.807) is 23.0 Å². The molecular weight excluding hydrogens is 256 g/mol. The Labute approximate surface area is 118 Å². The summed E-state index contributed by atoms with van der Waals surface area (Å²) in [5.41, 5.74) is 1.32. The van der Waals surface area contributed by atoms with E-state index < -0.39 is 0 Å². The molecule has 3 rings (SSSR count). The summed E-state index contributed by atoms with van der Waals surface area (Å²) < 4.78 is 5.09. The van der Waals surface area contributed by atoms with Gasteiger partial charge in [0.05, 0.1) is 17.9 Å². The molecule has 0 aromatic heterocycles. The van der Waals surface area contributed by atoms with Gasteiger partial charge < -0.3 is 14.5 Å². The first-order chi connectivity index (χ1) is 9.74. The van der Waals surface area contributed by atoms with Crippen LogP contribution in [0.5, 0.6) is 0 Å². The lowest BCUT2D eigenvalue weighted by atomic mass is 10.1. The minimum Gasteiger partial charge on any atom is -0.383 e. The van der Waals surface area contributed by atoms with Crippen molar-refractivity contribution in [3.8, 4) is 0 Å². The molecule has 106 valence electrons. The molecule has 0 bridgehead atoms. The first-order valence-electron chi connectivity index (χ1n) is 6.94. The van der Waals surface area contributed by atoms with Gasteiger partial charge in [0, 0.05) is 20.2 Å². The monoisotopic (exact) mass is 274 g/mol. The summed E-state index contributed by atoms with van der Waals surface area (Å²) in [5, 5.41) is 0. The van der Waals surface area contributed by atoms with Gasteiger partial charge in [-0.2, -0.15) is 0 Å². The van der Waals surface area contributed by atoms with E-state index in [4.69, 9.17) is 4.74 Å². The molecule has 20 heavy (non-hydrogen) atoms. The van der Waals surface area contributed by atoms with Crippen LogP contribution in [-0.2, 0) is 9.53 Å². The Morgan fingerprint density at radius 1 is 1.30 bits per heavy atom. The highest BCUT2D eigenvalue weighted by atomic mass is 16.5. The van der Waals surface area contributed by atoms with Gasteiger partial charge in [-0.15, -0.1) is 0 Å². The van der Waals surface area contributed by atoms with E-state index >= 15 is 0 Å². The minimum absolute atomic E-state index is 0.0119. The van der Waals surface area contributed by atoms with Gasteiger partial charge in [0.2, 0.25) is 5.91 Å². The van der Waals surface area contributed by atoms with Crippen molar-refractivity contribution in [1.29, 1.82) is 0 Å². The molecule has 2 heterocycles. The molecule has 5 nitrogen and oxygen atoms in total. The highest BCUT2D eigenvalue weighted by Gasteiger charge is 2.41. The van der Waals surface area contributed by atoms with E-state index in [0.717, 1.165) is 12.8 Å². The third-order valence-electron chi connectivity index (χ3n) is 4.01. The van der Waals surface area contributed by atoms with E-state index in [1.165, 1.54) is 0 Å². The number of benzene rings is 1. The largest absolute Gasteiger partial charge is 0.383 e. The molecule has 1 atom stereocenters. The number of carbonyl (C=O) groups excluding carboxylic acids is 2. The Bertz CT molecular complexity index is 544. The quantitative estimate of drug-likeness (QED) is 0.834. The normalized spacial score (nSPS) is 21.8. The van der Waals surface area contributed by atoms with Crippen LogP contribution in [0.4, 0.5) is 5.69 Å². The van der Waals surface area contributed by atoms with Crippen LogP contribution in [0.2, 0.25) is 0 Å². The molecule has 0 radical (unpaired) electrons. The lowest BCUT2D eigenvalue weighted by Gasteiger charge is -2.25. The molecule has 2 amide bonds. The van der Waals surface area contributed by atoms with Crippen molar-refractivity contribution in [3.63, 3.8) is 0 Å². The first-order valence-corrected chi connectivity index (χ1v) is 6.94. The molecule has 2 aliphatic rings. The van der Waals surface area contributed by atoms with Gasteiger partial charge in [0.1, 0.15) is 6.04 Å². The lowest BCUT2D eigenvalue weighted by Crippen LogP contribution is -2.45. The Kier molecular flexibility index (Phi) is 3.44. The number of nitrogens with zero attached hydrogens (tertiary/aromatic N) is 2. The van der Waals surface area contributed by atoms with Crippen molar-refractivity contribution >= 4 is 17.5 Å². The smallest absolute Gasteiger partial charge is 0.256 e. The second-order valence-corrected chi connectivity index (χ2v) is 5.16. The second kappa shape index (κ2) is 5.25. The first kappa shape index (κ1) is 13.1. The lowest BCUT2D eigenvalue weighted by molar-refractivity contribution is -0.122. The van der Waals surface area contributed by atoms with Gasteiger partial charge >= 0.3 is 0 Å². The van der Waals surface area contributed by atoms with Crippen LogP contribution < -0.4 is 4.90 Å². The molecule has 1 saturated heterocycles.